The molecule has 2 rings (SSSR count). The molecule has 0 aliphatic rings. The Morgan fingerprint density at radius 3 is 2.71 bits per heavy atom. The third-order valence-electron chi connectivity index (χ3n) is 2.71. The molecule has 0 atom stereocenters. The van der Waals surface area contributed by atoms with E-state index in [1.54, 1.807) is 19.3 Å². The SMILES string of the molecule is Cn1ccc(CNS(=O)(=O)c2cc([N+](=O)[O-])ccc2N)n1. The largest absolute Gasteiger partial charge is 0.398 e. The van der Waals surface area contributed by atoms with Crippen molar-refractivity contribution in [3.8, 4) is 0 Å². The maximum Gasteiger partial charge on any atom is 0.270 e. The average molecular weight is 311 g/mol. The number of sulfonamides is 1. The lowest BCUT2D eigenvalue weighted by Crippen LogP contribution is -2.24. The van der Waals surface area contributed by atoms with Gasteiger partial charge in [-0.05, 0) is 12.1 Å². The summed E-state index contributed by atoms with van der Waals surface area (Å²) in [5.74, 6) is 0. The van der Waals surface area contributed by atoms with Gasteiger partial charge in [0.05, 0.1) is 22.8 Å². The van der Waals surface area contributed by atoms with Crippen LogP contribution in [-0.4, -0.2) is 23.1 Å². The molecule has 0 saturated carbocycles. The standard InChI is InChI=1S/C11H13N5O4S/c1-15-5-4-8(14-15)7-13-21(19,20)11-6-9(16(17)18)2-3-10(11)12/h2-6,13H,7,12H2,1H3. The van der Waals surface area contributed by atoms with Crippen LogP contribution < -0.4 is 10.5 Å². The van der Waals surface area contributed by atoms with E-state index in [4.69, 9.17) is 5.73 Å². The average Bonchev–Trinajstić information content (AvgIpc) is 2.82. The smallest absolute Gasteiger partial charge is 0.270 e. The molecule has 1 aromatic carbocycles. The summed E-state index contributed by atoms with van der Waals surface area (Å²) in [4.78, 5) is 9.70. The molecule has 10 heteroatoms. The molecule has 0 spiro atoms. The van der Waals surface area contributed by atoms with Gasteiger partial charge in [-0.2, -0.15) is 5.10 Å². The van der Waals surface area contributed by atoms with E-state index in [0.717, 1.165) is 12.1 Å². The maximum absolute atomic E-state index is 12.2. The van der Waals surface area contributed by atoms with Crippen LogP contribution in [0.4, 0.5) is 11.4 Å². The van der Waals surface area contributed by atoms with E-state index in [0.29, 0.717) is 5.69 Å². The van der Waals surface area contributed by atoms with Gasteiger partial charge in [0.25, 0.3) is 5.69 Å². The number of nitro benzene ring substituents is 1. The second-order valence-electron chi connectivity index (χ2n) is 4.28. The van der Waals surface area contributed by atoms with Crippen LogP contribution in [0.5, 0.6) is 0 Å². The molecule has 9 nitrogen and oxygen atoms in total. The van der Waals surface area contributed by atoms with Gasteiger partial charge in [0, 0.05) is 25.4 Å². The van der Waals surface area contributed by atoms with Crippen LogP contribution in [0, 0.1) is 10.1 Å². The van der Waals surface area contributed by atoms with Crippen molar-refractivity contribution in [3.63, 3.8) is 0 Å². The van der Waals surface area contributed by atoms with E-state index in [9.17, 15) is 18.5 Å². The van der Waals surface area contributed by atoms with Gasteiger partial charge in [-0.25, -0.2) is 13.1 Å². The normalized spacial score (nSPS) is 11.5. The van der Waals surface area contributed by atoms with Crippen LogP contribution in [-0.2, 0) is 23.6 Å². The second-order valence-corrected chi connectivity index (χ2v) is 6.02. The fourth-order valence-corrected chi connectivity index (χ4v) is 2.82. The van der Waals surface area contributed by atoms with Crippen molar-refractivity contribution >= 4 is 21.4 Å². The molecule has 0 saturated heterocycles. The number of rotatable bonds is 5. The molecule has 0 aliphatic carbocycles. The minimum atomic E-state index is -3.96. The number of hydrogen-bond acceptors (Lipinski definition) is 6. The Labute approximate surface area is 120 Å². The van der Waals surface area contributed by atoms with E-state index in [-0.39, 0.29) is 22.8 Å². The van der Waals surface area contributed by atoms with Crippen LogP contribution in [0.3, 0.4) is 0 Å². The molecule has 112 valence electrons. The van der Waals surface area contributed by atoms with Crippen LogP contribution in [0.1, 0.15) is 5.69 Å². The molecule has 1 heterocycles. The summed E-state index contributed by atoms with van der Waals surface area (Å²) in [5.41, 5.74) is 5.70. The highest BCUT2D eigenvalue weighted by Gasteiger charge is 2.21. The molecule has 0 unspecified atom stereocenters. The third kappa shape index (κ3) is 3.35. The minimum Gasteiger partial charge on any atom is -0.398 e. The van der Waals surface area contributed by atoms with Crippen molar-refractivity contribution < 1.29 is 13.3 Å². The lowest BCUT2D eigenvalue weighted by Gasteiger charge is -2.08. The Morgan fingerprint density at radius 2 is 2.14 bits per heavy atom. The summed E-state index contributed by atoms with van der Waals surface area (Å²) in [5, 5.41) is 14.7. The molecule has 21 heavy (non-hydrogen) atoms. The Kier molecular flexibility index (Phi) is 3.91. The topological polar surface area (TPSA) is 133 Å². The molecule has 0 radical (unpaired) electrons. The summed E-state index contributed by atoms with van der Waals surface area (Å²) in [6, 6.07) is 4.91. The summed E-state index contributed by atoms with van der Waals surface area (Å²) in [6.07, 6.45) is 1.67. The van der Waals surface area contributed by atoms with Crippen LogP contribution in [0.15, 0.2) is 35.4 Å². The van der Waals surface area contributed by atoms with Gasteiger partial charge in [0.15, 0.2) is 0 Å². The quantitative estimate of drug-likeness (QED) is 0.466. The van der Waals surface area contributed by atoms with Crippen molar-refractivity contribution in [1.82, 2.24) is 14.5 Å². The molecule has 1 aromatic heterocycles. The van der Waals surface area contributed by atoms with Gasteiger partial charge < -0.3 is 5.73 Å². The molecule has 0 amide bonds. The summed E-state index contributed by atoms with van der Waals surface area (Å²) in [7, 11) is -2.26. The van der Waals surface area contributed by atoms with Crippen LogP contribution in [0.25, 0.3) is 0 Å². The number of nitrogens with one attached hydrogen (secondary N) is 1. The van der Waals surface area contributed by atoms with Gasteiger partial charge in [0.1, 0.15) is 4.90 Å². The first-order valence-corrected chi connectivity index (χ1v) is 7.30. The number of nitro groups is 1. The van der Waals surface area contributed by atoms with Crippen molar-refractivity contribution in [2.45, 2.75) is 11.4 Å². The Bertz CT molecular complexity index is 784. The first kappa shape index (κ1) is 14.9. The monoisotopic (exact) mass is 311 g/mol. The number of nitrogens with zero attached hydrogens (tertiary/aromatic N) is 3. The van der Waals surface area contributed by atoms with Crippen molar-refractivity contribution in [3.05, 3.63) is 46.3 Å². The Hall–Kier alpha value is -2.46. The lowest BCUT2D eigenvalue weighted by molar-refractivity contribution is -0.385. The van der Waals surface area contributed by atoms with Gasteiger partial charge in [0.2, 0.25) is 10.0 Å². The van der Waals surface area contributed by atoms with Gasteiger partial charge in [-0.15, -0.1) is 0 Å². The number of aryl methyl sites for hydroxylation is 1. The second kappa shape index (κ2) is 5.50. The number of nitrogen functional groups attached to an aromatic ring is 1. The zero-order chi connectivity index (χ0) is 15.6. The molecule has 0 aliphatic heterocycles. The molecule has 0 fully saturated rings. The number of aromatic nitrogens is 2. The Morgan fingerprint density at radius 1 is 1.43 bits per heavy atom. The molecular weight excluding hydrogens is 298 g/mol. The predicted molar refractivity (Wildman–Crippen MR) is 74.7 cm³/mol. The van der Waals surface area contributed by atoms with E-state index in [1.807, 2.05) is 0 Å². The van der Waals surface area contributed by atoms with Crippen molar-refractivity contribution in [2.24, 2.45) is 7.05 Å². The molecule has 3 N–H and O–H groups in total. The first-order chi connectivity index (χ1) is 9.79. The van der Waals surface area contributed by atoms with E-state index < -0.39 is 14.9 Å². The van der Waals surface area contributed by atoms with Crippen molar-refractivity contribution in [2.75, 3.05) is 5.73 Å². The Balaban J connectivity index is 2.26. The van der Waals surface area contributed by atoms with Gasteiger partial charge >= 0.3 is 0 Å². The molecular formula is C11H13N5O4S. The van der Waals surface area contributed by atoms with E-state index in [1.165, 1.54) is 10.7 Å². The number of anilines is 1. The number of hydrogen-bond donors (Lipinski definition) is 2. The maximum atomic E-state index is 12.2. The van der Waals surface area contributed by atoms with E-state index >= 15 is 0 Å². The fraction of sp³-hybridized carbons (Fsp3) is 0.182. The highest BCUT2D eigenvalue weighted by molar-refractivity contribution is 7.89. The zero-order valence-corrected chi connectivity index (χ0v) is 11.9. The first-order valence-electron chi connectivity index (χ1n) is 5.82. The zero-order valence-electron chi connectivity index (χ0n) is 11.1. The molecule has 0 bridgehead atoms. The highest BCUT2D eigenvalue weighted by atomic mass is 32.2. The predicted octanol–water partition coefficient (Wildman–Crippen LogP) is 0.389. The third-order valence-corrected chi connectivity index (χ3v) is 4.17. The van der Waals surface area contributed by atoms with Crippen LogP contribution in [0.2, 0.25) is 0 Å². The van der Waals surface area contributed by atoms with Gasteiger partial charge in [-0.3, -0.25) is 14.8 Å². The highest BCUT2D eigenvalue weighted by Crippen LogP contribution is 2.23. The summed E-state index contributed by atoms with van der Waals surface area (Å²) < 4.78 is 28.2. The van der Waals surface area contributed by atoms with E-state index in [2.05, 4.69) is 9.82 Å². The minimum absolute atomic E-state index is 0.0364. The molecule has 2 aromatic rings. The van der Waals surface area contributed by atoms with Gasteiger partial charge in [-0.1, -0.05) is 0 Å². The number of nitrogens with two attached hydrogens (primary N) is 1. The number of non-ortho nitro benzene ring substituents is 1. The number of benzene rings is 1. The van der Waals surface area contributed by atoms with Crippen LogP contribution >= 0.6 is 0 Å². The van der Waals surface area contributed by atoms with Crippen molar-refractivity contribution in [1.29, 1.82) is 0 Å². The fourth-order valence-electron chi connectivity index (χ4n) is 1.67. The lowest BCUT2D eigenvalue weighted by atomic mass is 10.3. The summed E-state index contributed by atoms with van der Waals surface area (Å²) in [6.45, 7) is -0.0364. The summed E-state index contributed by atoms with van der Waals surface area (Å²) >= 11 is 0.